The van der Waals surface area contributed by atoms with Crippen LogP contribution in [-0.2, 0) is 18.4 Å². The molecule has 0 saturated carbocycles. The summed E-state index contributed by atoms with van der Waals surface area (Å²) >= 11 is 0. The third kappa shape index (κ3) is 49.1. The smallest absolute Gasteiger partial charge is 0.387 e. The number of carbonyl (C=O) groups excluding carboxylic acids is 1. The van der Waals surface area contributed by atoms with E-state index in [0.717, 1.165) is 96.3 Å². The van der Waals surface area contributed by atoms with E-state index in [9.17, 15) is 19.4 Å². The Bertz CT molecular complexity index is 1440. The van der Waals surface area contributed by atoms with E-state index in [1.54, 1.807) is 6.08 Å². The second-order valence-electron chi connectivity index (χ2n) is 18.5. The molecule has 66 heavy (non-hydrogen) atoms. The van der Waals surface area contributed by atoms with E-state index in [4.69, 9.17) is 9.05 Å². The number of phosphoric acid groups is 1. The molecule has 0 radical (unpaired) electrons. The number of phosphoric ester groups is 1. The number of nitrogens with zero attached hydrogens (tertiary/aromatic N) is 1. The van der Waals surface area contributed by atoms with Crippen LogP contribution in [0.4, 0.5) is 0 Å². The molecule has 3 atom stereocenters. The maximum absolute atomic E-state index is 12.9. The number of hydrogen-bond donors (Lipinski definition) is 3. The Balaban J connectivity index is 4.47. The van der Waals surface area contributed by atoms with Gasteiger partial charge in [-0.3, -0.25) is 13.8 Å². The van der Waals surface area contributed by atoms with Crippen LogP contribution in [0.2, 0.25) is 0 Å². The first-order valence-electron chi connectivity index (χ1n) is 26.3. The van der Waals surface area contributed by atoms with Gasteiger partial charge in [0.2, 0.25) is 5.91 Å². The number of rotatable bonds is 46. The minimum absolute atomic E-state index is 0.0418. The summed E-state index contributed by atoms with van der Waals surface area (Å²) in [5, 5.41) is 13.9. The highest BCUT2D eigenvalue weighted by atomic mass is 31.2. The number of likely N-dealkylation sites (N-methyl/N-ethyl adjacent to an activating group) is 1. The van der Waals surface area contributed by atoms with Crippen LogP contribution < -0.4 is 5.32 Å². The topological polar surface area (TPSA) is 105 Å². The Morgan fingerprint density at radius 2 is 0.924 bits per heavy atom. The summed E-state index contributed by atoms with van der Waals surface area (Å²) in [7, 11) is 1.51. The first-order valence-corrected chi connectivity index (χ1v) is 27.8. The number of nitrogens with one attached hydrogen (secondary N) is 1. The molecule has 1 amide bonds. The Labute approximate surface area is 406 Å². The Hall–Kier alpha value is -2.84. The quantitative estimate of drug-likeness (QED) is 0.0243. The van der Waals surface area contributed by atoms with Gasteiger partial charge < -0.3 is 19.8 Å². The molecule has 378 valence electrons. The Morgan fingerprint density at radius 1 is 0.530 bits per heavy atom. The van der Waals surface area contributed by atoms with Crippen LogP contribution in [0.25, 0.3) is 0 Å². The Kier molecular flexibility index (Phi) is 45.2. The van der Waals surface area contributed by atoms with E-state index in [0.29, 0.717) is 17.4 Å². The summed E-state index contributed by atoms with van der Waals surface area (Å²) in [6, 6.07) is -0.892. The molecule has 0 aromatic heterocycles. The van der Waals surface area contributed by atoms with Crippen molar-refractivity contribution < 1.29 is 32.9 Å². The molecule has 0 fully saturated rings. The monoisotopic (exact) mass is 940 g/mol. The molecule has 0 bridgehead atoms. The fourth-order valence-electron chi connectivity index (χ4n) is 6.84. The highest BCUT2D eigenvalue weighted by molar-refractivity contribution is 7.47. The summed E-state index contributed by atoms with van der Waals surface area (Å²) in [4.78, 5) is 23.2. The minimum atomic E-state index is -4.37. The summed E-state index contributed by atoms with van der Waals surface area (Å²) in [5.74, 6) is -0.220. The van der Waals surface area contributed by atoms with Crippen molar-refractivity contribution >= 4 is 13.7 Å². The molecule has 0 spiro atoms. The van der Waals surface area contributed by atoms with Crippen molar-refractivity contribution in [2.24, 2.45) is 0 Å². The molecule has 0 aliphatic rings. The molecule has 0 heterocycles. The van der Waals surface area contributed by atoms with Gasteiger partial charge in [0.1, 0.15) is 13.2 Å². The normalized spacial score (nSPS) is 15.0. The Morgan fingerprint density at radius 3 is 1.39 bits per heavy atom. The van der Waals surface area contributed by atoms with Crippen molar-refractivity contribution in [3.63, 3.8) is 0 Å². The highest BCUT2D eigenvalue weighted by Gasteiger charge is 2.27. The predicted octanol–water partition coefficient (Wildman–Crippen LogP) is 15.6. The lowest BCUT2D eigenvalue weighted by atomic mass is 10.1. The van der Waals surface area contributed by atoms with Crippen LogP contribution in [0.5, 0.6) is 0 Å². The van der Waals surface area contributed by atoms with Crippen molar-refractivity contribution in [2.45, 2.75) is 206 Å². The third-order valence-corrected chi connectivity index (χ3v) is 11.9. The zero-order valence-corrected chi connectivity index (χ0v) is 43.8. The largest absolute Gasteiger partial charge is 0.472 e. The molecule has 3 N–H and O–H groups in total. The number of aliphatic hydroxyl groups is 1. The fourth-order valence-corrected chi connectivity index (χ4v) is 7.58. The van der Waals surface area contributed by atoms with E-state index in [2.05, 4.69) is 116 Å². The van der Waals surface area contributed by atoms with Gasteiger partial charge in [-0.15, -0.1) is 0 Å². The van der Waals surface area contributed by atoms with E-state index in [1.165, 1.54) is 77.0 Å². The van der Waals surface area contributed by atoms with Gasteiger partial charge in [-0.25, -0.2) is 4.57 Å². The minimum Gasteiger partial charge on any atom is -0.387 e. The fraction of sp³-hybridized carbons (Fsp3) is 0.667. The molecule has 0 aliphatic heterocycles. The van der Waals surface area contributed by atoms with Crippen LogP contribution in [0, 0.1) is 0 Å². The third-order valence-electron chi connectivity index (χ3n) is 11.0. The molecular weight excluding hydrogens is 840 g/mol. The van der Waals surface area contributed by atoms with Crippen LogP contribution in [0.1, 0.15) is 194 Å². The zero-order valence-electron chi connectivity index (χ0n) is 42.9. The second kappa shape index (κ2) is 47.2. The van der Waals surface area contributed by atoms with Gasteiger partial charge in [0, 0.05) is 6.42 Å². The van der Waals surface area contributed by atoms with Crippen LogP contribution in [0.15, 0.2) is 109 Å². The number of allylic oxidation sites excluding steroid dienone is 17. The van der Waals surface area contributed by atoms with E-state index in [-0.39, 0.29) is 19.1 Å². The van der Waals surface area contributed by atoms with Crippen molar-refractivity contribution in [1.29, 1.82) is 0 Å². The lowest BCUT2D eigenvalue weighted by molar-refractivity contribution is -0.870. The average molecular weight is 940 g/mol. The molecule has 0 aliphatic carbocycles. The highest BCUT2D eigenvalue weighted by Crippen LogP contribution is 2.43. The molecule has 0 aromatic rings. The van der Waals surface area contributed by atoms with Crippen LogP contribution in [-0.4, -0.2) is 73.4 Å². The van der Waals surface area contributed by atoms with Gasteiger partial charge in [-0.2, -0.15) is 0 Å². The van der Waals surface area contributed by atoms with Gasteiger partial charge in [-0.05, 0) is 96.3 Å². The maximum atomic E-state index is 12.9. The number of amides is 1. The number of aliphatic hydroxyl groups excluding tert-OH is 1. The van der Waals surface area contributed by atoms with Crippen molar-refractivity contribution in [3.8, 4) is 0 Å². The summed E-state index contributed by atoms with van der Waals surface area (Å²) in [6.07, 6.45) is 68.9. The van der Waals surface area contributed by atoms with Gasteiger partial charge >= 0.3 is 7.82 Å². The standard InChI is InChI=1S/C57H99N2O6P/c1-6-8-10-12-14-16-18-20-22-24-26-28-29-31-33-35-37-39-41-43-45-47-49-51-57(61)58-55(54-65-66(62,63)64-53-52-59(3,4)5)56(60)50-48-46-44-42-40-38-36-34-32-30-27-25-23-21-19-17-15-13-11-9-7-2/h8,10,14,16,20,22,26,28,31-34,37,39-40,42,48,50,55-56,60H,6-7,9,11-13,15,17-19,21,23-25,27,29-30,35-36,38,41,43-47,49,51-54H2,1-5H3,(H-,58,61,62,63)/p+1/b10-8-,16-14-,22-20-,28-26-,33-31-,34-32+,39-37-,42-40+,50-48+. The number of carbonyl (C=O) groups is 1. The summed E-state index contributed by atoms with van der Waals surface area (Å²) in [6.45, 7) is 4.64. The molecular formula is C57H100N2O6P+. The lowest BCUT2D eigenvalue weighted by Crippen LogP contribution is -2.45. The number of unbranched alkanes of at least 4 members (excludes halogenated alkanes) is 17. The zero-order chi connectivity index (χ0) is 48.5. The van der Waals surface area contributed by atoms with Gasteiger partial charge in [0.05, 0.1) is 39.9 Å². The predicted molar refractivity (Wildman–Crippen MR) is 285 cm³/mol. The van der Waals surface area contributed by atoms with E-state index in [1.807, 2.05) is 27.2 Å². The van der Waals surface area contributed by atoms with Crippen molar-refractivity contribution in [2.75, 3.05) is 40.9 Å². The van der Waals surface area contributed by atoms with Crippen molar-refractivity contribution in [3.05, 3.63) is 109 Å². The molecule has 3 unspecified atom stereocenters. The first kappa shape index (κ1) is 63.2. The van der Waals surface area contributed by atoms with E-state index < -0.39 is 20.0 Å². The maximum Gasteiger partial charge on any atom is 0.472 e. The van der Waals surface area contributed by atoms with Crippen molar-refractivity contribution in [1.82, 2.24) is 5.32 Å². The van der Waals surface area contributed by atoms with Gasteiger partial charge in [0.15, 0.2) is 0 Å². The lowest BCUT2D eigenvalue weighted by Gasteiger charge is -2.25. The summed E-state index contributed by atoms with van der Waals surface area (Å²) in [5.41, 5.74) is 0. The first-order chi connectivity index (χ1) is 32.0. The second-order valence-corrected chi connectivity index (χ2v) is 19.9. The molecule has 0 saturated heterocycles. The van der Waals surface area contributed by atoms with Crippen LogP contribution in [0.3, 0.4) is 0 Å². The SMILES string of the molecule is CC/C=C\C/C=C\C/C=C\C/C=C\C/C=C\C/C=C\CCCCCCC(=O)NC(COP(=O)(O)OCC[N+](C)(C)C)C(O)/C=C/CC/C=C/CC/C=C/CCCCCCCCCCCCC. The molecule has 0 rings (SSSR count). The molecule has 0 aromatic carbocycles. The van der Waals surface area contributed by atoms with Gasteiger partial charge in [0.25, 0.3) is 0 Å². The van der Waals surface area contributed by atoms with Gasteiger partial charge in [-0.1, -0.05) is 200 Å². The molecule has 8 nitrogen and oxygen atoms in total. The van der Waals surface area contributed by atoms with Crippen LogP contribution >= 0.6 is 7.82 Å². The number of hydrogen-bond acceptors (Lipinski definition) is 5. The van der Waals surface area contributed by atoms with E-state index >= 15 is 0 Å². The molecule has 9 heteroatoms. The number of quaternary nitrogens is 1. The average Bonchev–Trinajstić information content (AvgIpc) is 3.28. The summed E-state index contributed by atoms with van der Waals surface area (Å²) < 4.78 is 23.6.